The van der Waals surface area contributed by atoms with Crippen LogP contribution in [-0.2, 0) is 0 Å². The summed E-state index contributed by atoms with van der Waals surface area (Å²) in [5, 5.41) is 15.9. The molecule has 0 bridgehead atoms. The molecule has 0 atom stereocenters. The topological polar surface area (TPSA) is 103 Å². The van der Waals surface area contributed by atoms with Crippen molar-refractivity contribution in [3.05, 3.63) is 0 Å². The molecule has 0 aliphatic rings. The average molecular weight is 182 g/mol. The minimum absolute atomic E-state index is 0.635. The Morgan fingerprint density at radius 1 is 1.09 bits per heavy atom. The first-order chi connectivity index (χ1) is 5.09. The van der Waals surface area contributed by atoms with Gasteiger partial charge in [0.15, 0.2) is 0 Å². The summed E-state index contributed by atoms with van der Waals surface area (Å²) < 4.78 is 1.27. The largest absolute Gasteiger partial charge is 0.533 e. The molecule has 0 unspecified atom stereocenters. The molecule has 1 rings (SSSR count). The monoisotopic (exact) mass is 182 g/mol. The van der Waals surface area contributed by atoms with E-state index in [2.05, 4.69) is 9.68 Å². The van der Waals surface area contributed by atoms with Gasteiger partial charge in [0.05, 0.1) is 0 Å². The van der Waals surface area contributed by atoms with E-state index in [9.17, 15) is 9.59 Å². The van der Waals surface area contributed by atoms with Crippen molar-refractivity contribution < 1.29 is 29.5 Å². The quantitative estimate of drug-likeness (QED) is 0.642. The highest BCUT2D eigenvalue weighted by Crippen LogP contribution is 2.02. The van der Waals surface area contributed by atoms with Crippen LogP contribution in [0.4, 0.5) is 9.59 Å². The summed E-state index contributed by atoms with van der Waals surface area (Å²) in [5.41, 5.74) is 0. The molecule has 0 aromatic carbocycles. The Labute approximate surface area is 62.9 Å². The molecule has 0 radical (unpaired) electrons. The number of nitrogens with zero attached hydrogens (tertiary/aromatic N) is 2. The van der Waals surface area contributed by atoms with Crippen LogP contribution in [-0.4, -0.2) is 31.0 Å². The van der Waals surface area contributed by atoms with Gasteiger partial charge in [-0.15, -0.1) is 0 Å². The maximum Gasteiger partial charge on any atom is 0.533 e. The Hall–Kier alpha value is -1.64. The molecule has 1 aromatic rings. The summed E-state index contributed by atoms with van der Waals surface area (Å²) in [6, 6.07) is 0. The molecule has 0 aliphatic carbocycles. The van der Waals surface area contributed by atoms with Crippen molar-refractivity contribution in [3.8, 4) is 0 Å². The summed E-state index contributed by atoms with van der Waals surface area (Å²) in [5.74, 6) is 0. The highest BCUT2D eigenvalue weighted by Gasteiger charge is 2.17. The summed E-state index contributed by atoms with van der Waals surface area (Å²) in [6.45, 7) is 0. The van der Waals surface area contributed by atoms with E-state index in [0.29, 0.717) is 20.2 Å². The molecule has 0 spiro atoms. The molecule has 2 N–H and O–H groups in total. The van der Waals surface area contributed by atoms with Gasteiger partial charge in [-0.2, -0.15) is 0 Å². The van der Waals surface area contributed by atoms with Gasteiger partial charge in [0.25, 0.3) is 0 Å². The van der Waals surface area contributed by atoms with Crippen LogP contribution in [0, 0.1) is 0 Å². The Kier molecular flexibility index (Phi) is 1.72. The highest BCUT2D eigenvalue weighted by atomic mass is 32.1. The van der Waals surface area contributed by atoms with E-state index in [1.54, 1.807) is 0 Å². The first-order valence-corrected chi connectivity index (χ1v) is 2.92. The lowest BCUT2D eigenvalue weighted by molar-refractivity contribution is 0.0246. The predicted molar refractivity (Wildman–Crippen MR) is 29.5 cm³/mol. The molecule has 0 saturated carbocycles. The van der Waals surface area contributed by atoms with E-state index in [1.807, 2.05) is 0 Å². The van der Waals surface area contributed by atoms with Gasteiger partial charge in [0, 0.05) is 8.47 Å². The van der Waals surface area contributed by atoms with Crippen molar-refractivity contribution in [2.24, 2.45) is 0 Å². The minimum atomic E-state index is -1.55. The first kappa shape index (κ1) is 7.47. The number of aromatic nitrogens is 2. The van der Waals surface area contributed by atoms with Crippen molar-refractivity contribution in [1.29, 1.82) is 0 Å². The summed E-state index contributed by atoms with van der Waals surface area (Å²) in [4.78, 5) is 27.4. The Bertz CT molecular complexity index is 243. The van der Waals surface area contributed by atoms with Crippen LogP contribution >= 0.6 is 11.7 Å². The maximum absolute atomic E-state index is 9.77. The third kappa shape index (κ3) is 2.21. The van der Waals surface area contributed by atoms with Crippen LogP contribution < -0.4 is 9.68 Å². The van der Waals surface area contributed by atoms with E-state index in [0.717, 1.165) is 0 Å². The highest BCUT2D eigenvalue weighted by molar-refractivity contribution is 7.04. The lowest BCUT2D eigenvalue weighted by Gasteiger charge is -1.89. The van der Waals surface area contributed by atoms with E-state index < -0.39 is 12.3 Å². The van der Waals surface area contributed by atoms with Crippen LogP contribution in [0.5, 0.6) is 0 Å². The fraction of sp³-hybridized carbons (Fsp3) is 0. The molecule has 9 heteroatoms. The maximum atomic E-state index is 9.77. The van der Waals surface area contributed by atoms with Crippen molar-refractivity contribution in [2.45, 2.75) is 0 Å². The van der Waals surface area contributed by atoms with Gasteiger partial charge in [0.1, 0.15) is 11.7 Å². The number of carboxylic acid groups (broad SMARTS) is 2. The second-order valence-electron chi connectivity index (χ2n) is 1.27. The molecule has 0 saturated heterocycles. The third-order valence-corrected chi connectivity index (χ3v) is 1.14. The SMILES string of the molecule is O=C(O)On1sn1OC(=O)O. The number of hydrogen-bond donors (Lipinski definition) is 2. The predicted octanol–water partition coefficient (Wildman–Crippen LogP) is -0.436. The average Bonchev–Trinajstić information content (AvgIpc) is 2.43. The van der Waals surface area contributed by atoms with Crippen LogP contribution in [0.15, 0.2) is 0 Å². The molecule has 11 heavy (non-hydrogen) atoms. The zero-order chi connectivity index (χ0) is 8.43. The minimum Gasteiger partial charge on any atom is -0.448 e. The van der Waals surface area contributed by atoms with Crippen molar-refractivity contribution in [2.75, 3.05) is 0 Å². The van der Waals surface area contributed by atoms with Crippen molar-refractivity contribution >= 4 is 24.0 Å². The van der Waals surface area contributed by atoms with Crippen LogP contribution in [0.1, 0.15) is 0 Å². The summed E-state index contributed by atoms with van der Waals surface area (Å²) in [6.07, 6.45) is -3.09. The molecule has 0 fully saturated rings. The normalized spacial score (nSPS) is 9.45. The van der Waals surface area contributed by atoms with Crippen molar-refractivity contribution in [3.63, 3.8) is 0 Å². The molecular formula is C2H2N2O6S. The second kappa shape index (κ2) is 2.54. The molecule has 62 valence electrons. The van der Waals surface area contributed by atoms with Crippen molar-refractivity contribution in [1.82, 2.24) is 8.47 Å². The Morgan fingerprint density at radius 3 is 1.73 bits per heavy atom. The molecule has 0 aliphatic heterocycles. The smallest absolute Gasteiger partial charge is 0.448 e. The Balaban J connectivity index is 2.35. The molecular weight excluding hydrogens is 180 g/mol. The van der Waals surface area contributed by atoms with Gasteiger partial charge >= 0.3 is 12.3 Å². The lowest BCUT2D eigenvalue weighted by atomic mass is 11.4. The van der Waals surface area contributed by atoms with Gasteiger partial charge in [0.2, 0.25) is 0 Å². The van der Waals surface area contributed by atoms with Crippen LogP contribution in [0.3, 0.4) is 0 Å². The van der Waals surface area contributed by atoms with Gasteiger partial charge in [-0.3, -0.25) is 9.68 Å². The van der Waals surface area contributed by atoms with Crippen LogP contribution in [0.25, 0.3) is 0 Å². The summed E-state index contributed by atoms with van der Waals surface area (Å²) >= 11 is 0.654. The number of rotatable bonds is 2. The van der Waals surface area contributed by atoms with Crippen LogP contribution in [0.2, 0.25) is 0 Å². The molecule has 1 aromatic heterocycles. The summed E-state index contributed by atoms with van der Waals surface area (Å²) in [7, 11) is 0. The first-order valence-electron chi connectivity index (χ1n) is 2.19. The molecule has 8 nitrogen and oxygen atoms in total. The number of hydrogen-bond acceptors (Lipinski definition) is 5. The van der Waals surface area contributed by atoms with E-state index >= 15 is 0 Å². The van der Waals surface area contributed by atoms with Gasteiger partial charge in [-0.05, 0) is 0 Å². The number of carbonyl (C=O) groups is 2. The third-order valence-electron chi connectivity index (χ3n) is 0.561. The fourth-order valence-electron chi connectivity index (χ4n) is 0.277. The molecule has 1 heterocycles. The second-order valence-corrected chi connectivity index (χ2v) is 2.06. The molecule has 0 amide bonds. The van der Waals surface area contributed by atoms with E-state index in [1.165, 1.54) is 0 Å². The van der Waals surface area contributed by atoms with Gasteiger partial charge in [-0.25, -0.2) is 9.59 Å². The van der Waals surface area contributed by atoms with E-state index in [4.69, 9.17) is 10.2 Å². The fourth-order valence-corrected chi connectivity index (χ4v) is 0.625. The lowest BCUT2D eigenvalue weighted by Crippen LogP contribution is -2.19. The standard InChI is InChI=1S/C2H2N2O6S/c5-1(6)9-3-4(11-3)10-2(7)8/h(H,5,6)(H,7,8). The van der Waals surface area contributed by atoms with E-state index in [-0.39, 0.29) is 0 Å². The zero-order valence-corrected chi connectivity index (χ0v) is 5.65. The van der Waals surface area contributed by atoms with Gasteiger partial charge in [-0.1, -0.05) is 0 Å². The van der Waals surface area contributed by atoms with Gasteiger partial charge < -0.3 is 10.2 Å². The zero-order valence-electron chi connectivity index (χ0n) is 4.83. The Morgan fingerprint density at radius 2 is 1.45 bits per heavy atom.